The van der Waals surface area contributed by atoms with E-state index in [1.807, 2.05) is 0 Å². The van der Waals surface area contributed by atoms with Crippen LogP contribution in [0.25, 0.3) is 0 Å². The van der Waals surface area contributed by atoms with Gasteiger partial charge in [-0.1, -0.05) is 58.0 Å². The maximum absolute atomic E-state index is 3.43. The molecule has 0 spiro atoms. The molecule has 0 fully saturated rings. The molecule has 0 aliphatic rings. The summed E-state index contributed by atoms with van der Waals surface area (Å²) in [4.78, 5) is 0. The third-order valence-corrected chi connectivity index (χ3v) is 3.77. The first kappa shape index (κ1) is 16.3. The molecule has 0 nitrogen and oxygen atoms in total. The Morgan fingerprint density at radius 1 is 0.824 bits per heavy atom. The molecule has 0 atom stereocenters. The normalized spacial score (nSPS) is 12.9. The van der Waals surface area contributed by atoms with Gasteiger partial charge in [-0.25, -0.2) is 0 Å². The number of allylic oxidation sites excluding steroid dienone is 2. The summed E-state index contributed by atoms with van der Waals surface area (Å²) in [5, 5.41) is 0. The summed E-state index contributed by atoms with van der Waals surface area (Å²) in [6.45, 7) is 17.9. The molecule has 2 heteroatoms. The van der Waals surface area contributed by atoms with Gasteiger partial charge in [-0.05, 0) is 13.3 Å². The molecular formula is C15H26Si2. The molecule has 0 saturated carbocycles. The lowest BCUT2D eigenvalue weighted by atomic mass is 10.1. The van der Waals surface area contributed by atoms with E-state index in [0.29, 0.717) is 0 Å². The number of hydrogen-bond donors (Lipinski definition) is 0. The van der Waals surface area contributed by atoms with Gasteiger partial charge in [-0.2, -0.15) is 0 Å². The van der Waals surface area contributed by atoms with Crippen LogP contribution in [-0.4, -0.2) is 16.1 Å². The van der Waals surface area contributed by atoms with E-state index in [1.165, 1.54) is 11.1 Å². The van der Waals surface area contributed by atoms with Crippen molar-refractivity contribution in [2.45, 2.75) is 59.6 Å². The Morgan fingerprint density at radius 3 is 1.59 bits per heavy atom. The predicted octanol–water partition coefficient (Wildman–Crippen LogP) is 4.47. The first-order valence-electron chi connectivity index (χ1n) is 6.31. The van der Waals surface area contributed by atoms with E-state index in [4.69, 9.17) is 0 Å². The highest BCUT2D eigenvalue weighted by molar-refractivity contribution is 6.84. The van der Waals surface area contributed by atoms with Crippen molar-refractivity contribution in [2.24, 2.45) is 0 Å². The highest BCUT2D eigenvalue weighted by Gasteiger charge is 2.09. The lowest BCUT2D eigenvalue weighted by molar-refractivity contribution is 1.14. The second kappa shape index (κ2) is 6.29. The van der Waals surface area contributed by atoms with Crippen LogP contribution < -0.4 is 0 Å². The van der Waals surface area contributed by atoms with Crippen LogP contribution in [0.2, 0.25) is 39.3 Å². The van der Waals surface area contributed by atoms with E-state index in [-0.39, 0.29) is 0 Å². The second-order valence-electron chi connectivity index (χ2n) is 6.46. The van der Waals surface area contributed by atoms with Crippen LogP contribution in [-0.2, 0) is 0 Å². The zero-order chi connectivity index (χ0) is 13.7. The summed E-state index contributed by atoms with van der Waals surface area (Å²) in [6, 6.07) is 0. The van der Waals surface area contributed by atoms with Gasteiger partial charge in [-0.15, -0.1) is 11.1 Å². The topological polar surface area (TPSA) is 0 Å². The molecule has 0 aliphatic carbocycles. The predicted molar refractivity (Wildman–Crippen MR) is 85.2 cm³/mol. The van der Waals surface area contributed by atoms with Crippen molar-refractivity contribution in [1.29, 1.82) is 0 Å². The van der Waals surface area contributed by atoms with E-state index >= 15 is 0 Å². The fraction of sp³-hybridized carbons (Fsp3) is 0.600. The zero-order valence-electron chi connectivity index (χ0n) is 12.7. The molecule has 0 radical (unpaired) electrons. The summed E-state index contributed by atoms with van der Waals surface area (Å²) in [6.07, 6.45) is 0.990. The van der Waals surface area contributed by atoms with Crippen LogP contribution in [0.3, 0.4) is 0 Å². The van der Waals surface area contributed by atoms with Gasteiger partial charge in [0, 0.05) is 11.1 Å². The van der Waals surface area contributed by atoms with Crippen molar-refractivity contribution >= 4 is 16.1 Å². The van der Waals surface area contributed by atoms with Gasteiger partial charge < -0.3 is 0 Å². The molecular weight excluding hydrogens is 236 g/mol. The molecule has 0 unspecified atom stereocenters. The number of rotatable bonds is 1. The molecule has 0 aliphatic heterocycles. The van der Waals surface area contributed by atoms with Crippen molar-refractivity contribution in [3.63, 3.8) is 0 Å². The SMILES string of the molecule is CC/C(C#C[Si](C)(C)C)=C(/C)C#C[Si](C)(C)C. The van der Waals surface area contributed by atoms with Gasteiger partial charge in [0.15, 0.2) is 0 Å². The Bertz CT molecular complexity index is 406. The molecule has 0 heterocycles. The Labute approximate surface area is 110 Å². The molecule has 0 bridgehead atoms. The summed E-state index contributed by atoms with van der Waals surface area (Å²) in [5.74, 6) is 6.66. The van der Waals surface area contributed by atoms with Gasteiger partial charge in [-0.3, -0.25) is 0 Å². The van der Waals surface area contributed by atoms with Gasteiger partial charge in [0.05, 0.1) is 0 Å². The summed E-state index contributed by atoms with van der Waals surface area (Å²) >= 11 is 0. The lowest BCUT2D eigenvalue weighted by Crippen LogP contribution is -2.16. The molecule has 0 saturated heterocycles. The molecule has 94 valence electrons. The first-order chi connectivity index (χ1) is 7.55. The van der Waals surface area contributed by atoms with E-state index < -0.39 is 16.1 Å². The van der Waals surface area contributed by atoms with Crippen LogP contribution in [0.5, 0.6) is 0 Å². The fourth-order valence-electron chi connectivity index (χ4n) is 1.07. The standard InChI is InChI=1S/C15H26Si2/c1-9-15(11-13-17(6,7)8)14(2)10-12-16(3,4)5/h9H2,1-8H3/b15-14+. The van der Waals surface area contributed by atoms with Crippen LogP contribution >= 0.6 is 0 Å². The second-order valence-corrected chi connectivity index (χ2v) is 16.0. The third-order valence-electron chi connectivity index (χ3n) is 2.02. The Hall–Kier alpha value is -0.706. The first-order valence-corrected chi connectivity index (χ1v) is 13.3. The highest BCUT2D eigenvalue weighted by Crippen LogP contribution is 2.08. The molecule has 0 aromatic carbocycles. The maximum Gasteiger partial charge on any atom is 0.129 e. The van der Waals surface area contributed by atoms with Gasteiger partial charge in [0.2, 0.25) is 0 Å². The molecule has 0 N–H and O–H groups in total. The minimum Gasteiger partial charge on any atom is -0.127 e. The molecule has 0 rings (SSSR count). The molecule has 0 aromatic rings. The maximum atomic E-state index is 3.43. The Morgan fingerprint density at radius 2 is 1.24 bits per heavy atom. The third kappa shape index (κ3) is 9.04. The minimum atomic E-state index is -1.28. The average molecular weight is 263 g/mol. The molecule has 0 aromatic heterocycles. The molecule has 17 heavy (non-hydrogen) atoms. The van der Waals surface area contributed by atoms with Crippen LogP contribution in [0.15, 0.2) is 11.1 Å². The molecule has 0 amide bonds. The largest absolute Gasteiger partial charge is 0.129 e. The van der Waals surface area contributed by atoms with E-state index in [0.717, 1.165) is 6.42 Å². The van der Waals surface area contributed by atoms with Gasteiger partial charge in [0.25, 0.3) is 0 Å². The van der Waals surface area contributed by atoms with E-state index in [1.54, 1.807) is 0 Å². The Kier molecular flexibility index (Phi) is 6.03. The zero-order valence-corrected chi connectivity index (χ0v) is 14.7. The average Bonchev–Trinajstić information content (AvgIpc) is 2.12. The van der Waals surface area contributed by atoms with Crippen molar-refractivity contribution in [2.75, 3.05) is 0 Å². The van der Waals surface area contributed by atoms with Crippen LogP contribution in [0, 0.1) is 22.9 Å². The summed E-state index contributed by atoms with van der Waals surface area (Å²) in [7, 11) is -2.55. The highest BCUT2D eigenvalue weighted by atomic mass is 28.3. The van der Waals surface area contributed by atoms with E-state index in [9.17, 15) is 0 Å². The van der Waals surface area contributed by atoms with Crippen molar-refractivity contribution in [3.8, 4) is 22.9 Å². The van der Waals surface area contributed by atoms with Crippen molar-refractivity contribution in [1.82, 2.24) is 0 Å². The summed E-state index contributed by atoms with van der Waals surface area (Å²) in [5.41, 5.74) is 9.22. The number of hydrogen-bond acceptors (Lipinski definition) is 0. The van der Waals surface area contributed by atoms with E-state index in [2.05, 4.69) is 76.1 Å². The van der Waals surface area contributed by atoms with Crippen molar-refractivity contribution in [3.05, 3.63) is 11.1 Å². The van der Waals surface area contributed by atoms with Crippen LogP contribution in [0.1, 0.15) is 20.3 Å². The van der Waals surface area contributed by atoms with Crippen LogP contribution in [0.4, 0.5) is 0 Å². The van der Waals surface area contributed by atoms with Gasteiger partial charge >= 0.3 is 0 Å². The van der Waals surface area contributed by atoms with Crippen molar-refractivity contribution < 1.29 is 0 Å². The minimum absolute atomic E-state index is 0.990. The Balaban J connectivity index is 5.19. The van der Waals surface area contributed by atoms with Gasteiger partial charge in [0.1, 0.15) is 16.1 Å². The fourth-order valence-corrected chi connectivity index (χ4v) is 2.16. The smallest absolute Gasteiger partial charge is 0.127 e. The summed E-state index contributed by atoms with van der Waals surface area (Å²) < 4.78 is 0. The quantitative estimate of drug-likeness (QED) is 0.483. The monoisotopic (exact) mass is 262 g/mol. The lowest BCUT2D eigenvalue weighted by Gasteiger charge is -2.06.